The van der Waals surface area contributed by atoms with Crippen LogP contribution in [0, 0.1) is 6.92 Å². The van der Waals surface area contributed by atoms with Gasteiger partial charge in [-0.25, -0.2) is 14.3 Å². The molecular weight excluding hydrogens is 414 g/mol. The minimum atomic E-state index is -3.68. The van der Waals surface area contributed by atoms with Crippen LogP contribution in [0.15, 0.2) is 71.6 Å². The second kappa shape index (κ2) is 7.98. The largest absolute Gasteiger partial charge is 0.290 e. The molecule has 0 aliphatic carbocycles. The Labute approximate surface area is 180 Å². The van der Waals surface area contributed by atoms with Crippen LogP contribution in [-0.2, 0) is 16.4 Å². The third kappa shape index (κ3) is 3.83. The van der Waals surface area contributed by atoms with Crippen molar-refractivity contribution in [3.63, 3.8) is 0 Å². The van der Waals surface area contributed by atoms with Crippen molar-refractivity contribution in [3.05, 3.63) is 94.5 Å². The molecule has 158 valence electrons. The molecule has 8 heteroatoms. The quantitative estimate of drug-likeness (QED) is 0.277. The van der Waals surface area contributed by atoms with Gasteiger partial charge >= 0.3 is 0 Å². The number of ketones is 1. The number of nitrogen functional groups attached to an aromatic ring is 1. The number of hydrogen-bond acceptors (Lipinski definition) is 5. The fourth-order valence-corrected chi connectivity index (χ4v) is 5.15. The van der Waals surface area contributed by atoms with E-state index in [1.165, 1.54) is 10.4 Å². The van der Waals surface area contributed by atoms with Gasteiger partial charge in [0.05, 0.1) is 10.6 Å². The predicted molar refractivity (Wildman–Crippen MR) is 117 cm³/mol. The van der Waals surface area contributed by atoms with Crippen LogP contribution in [0.4, 0.5) is 5.69 Å². The molecule has 0 saturated carbocycles. The smallest absolute Gasteiger partial charge is 0.265 e. The maximum atomic E-state index is 13.1. The molecule has 0 spiro atoms. The molecule has 7 nitrogen and oxygen atoms in total. The van der Waals surface area contributed by atoms with Gasteiger partial charge in [0.15, 0.2) is 5.78 Å². The number of nitrogens with zero attached hydrogens (tertiary/aromatic N) is 1. The molecule has 0 bridgehead atoms. The van der Waals surface area contributed by atoms with Crippen molar-refractivity contribution in [2.24, 2.45) is 5.84 Å². The summed E-state index contributed by atoms with van der Waals surface area (Å²) >= 11 is 0. The number of rotatable bonds is 5. The monoisotopic (exact) mass is 435 g/mol. The summed E-state index contributed by atoms with van der Waals surface area (Å²) < 4.78 is 27.6. The van der Waals surface area contributed by atoms with Gasteiger partial charge in [0.2, 0.25) is 0 Å². The Kier molecular flexibility index (Phi) is 5.34. The van der Waals surface area contributed by atoms with E-state index in [1.54, 1.807) is 60.7 Å². The molecule has 0 radical (unpaired) electrons. The third-order valence-electron chi connectivity index (χ3n) is 5.32. The van der Waals surface area contributed by atoms with Crippen LogP contribution in [0.25, 0.3) is 0 Å². The molecule has 4 rings (SSSR count). The van der Waals surface area contributed by atoms with Crippen LogP contribution < -0.4 is 15.6 Å². The van der Waals surface area contributed by atoms with Crippen molar-refractivity contribution in [2.45, 2.75) is 18.2 Å². The molecule has 3 aromatic carbocycles. The lowest BCUT2D eigenvalue weighted by Crippen LogP contribution is -2.30. The number of nitrogens with two attached hydrogens (primary N) is 1. The number of nitrogens with one attached hydrogen (secondary N) is 1. The summed E-state index contributed by atoms with van der Waals surface area (Å²) in [5.74, 6) is 4.42. The minimum absolute atomic E-state index is 0.237. The molecule has 3 aromatic rings. The fourth-order valence-electron chi connectivity index (χ4n) is 3.65. The van der Waals surface area contributed by atoms with E-state index >= 15 is 0 Å². The van der Waals surface area contributed by atoms with Gasteiger partial charge < -0.3 is 0 Å². The SMILES string of the molecule is Cc1ccc(S(=O)(=O)N2CCc3cc(C(=O)c4cccc(C(=O)NN)c4)ccc32)cc1. The molecule has 0 saturated heterocycles. The topological polar surface area (TPSA) is 110 Å². The van der Waals surface area contributed by atoms with E-state index in [0.717, 1.165) is 11.1 Å². The van der Waals surface area contributed by atoms with Crippen LogP contribution in [-0.4, -0.2) is 26.7 Å². The molecule has 3 N–H and O–H groups in total. The molecule has 0 fully saturated rings. The number of benzene rings is 3. The van der Waals surface area contributed by atoms with Crippen molar-refractivity contribution in [1.82, 2.24) is 5.43 Å². The van der Waals surface area contributed by atoms with Crippen molar-refractivity contribution < 1.29 is 18.0 Å². The average molecular weight is 436 g/mol. The summed E-state index contributed by atoms with van der Waals surface area (Å²) in [6.45, 7) is 2.22. The standard InChI is InChI=1S/C23H21N3O4S/c1-15-5-8-20(9-6-15)31(29,30)26-12-11-16-13-18(7-10-21(16)26)22(27)17-3-2-4-19(14-17)23(28)25-24/h2-10,13-14H,11-12,24H2,1H3,(H,25,28). The maximum absolute atomic E-state index is 13.1. The van der Waals surface area contributed by atoms with Gasteiger partial charge in [0, 0.05) is 23.2 Å². The van der Waals surface area contributed by atoms with Gasteiger partial charge in [0.1, 0.15) is 0 Å². The average Bonchev–Trinajstić information content (AvgIpc) is 3.22. The zero-order chi connectivity index (χ0) is 22.2. The number of aryl methyl sites for hydroxylation is 1. The van der Waals surface area contributed by atoms with Crippen LogP contribution >= 0.6 is 0 Å². The summed E-state index contributed by atoms with van der Waals surface area (Å²) in [7, 11) is -3.68. The Balaban J connectivity index is 1.64. The predicted octanol–water partition coefficient (Wildman–Crippen LogP) is 2.58. The Morgan fingerprint density at radius 1 is 0.935 bits per heavy atom. The zero-order valence-corrected chi connectivity index (χ0v) is 17.6. The van der Waals surface area contributed by atoms with Crippen LogP contribution in [0.3, 0.4) is 0 Å². The first-order chi connectivity index (χ1) is 14.8. The lowest BCUT2D eigenvalue weighted by Gasteiger charge is -2.20. The zero-order valence-electron chi connectivity index (χ0n) is 16.8. The van der Waals surface area contributed by atoms with E-state index in [4.69, 9.17) is 5.84 Å². The van der Waals surface area contributed by atoms with Crippen molar-refractivity contribution in [2.75, 3.05) is 10.8 Å². The summed E-state index contributed by atoms with van der Waals surface area (Å²) in [4.78, 5) is 24.9. The van der Waals surface area contributed by atoms with Crippen LogP contribution in [0.2, 0.25) is 0 Å². The highest BCUT2D eigenvalue weighted by Gasteiger charge is 2.31. The van der Waals surface area contributed by atoms with E-state index in [1.807, 2.05) is 12.3 Å². The molecule has 1 heterocycles. The fraction of sp³-hybridized carbons (Fsp3) is 0.130. The second-order valence-corrected chi connectivity index (χ2v) is 9.23. The first kappa shape index (κ1) is 20.8. The number of anilines is 1. The molecule has 1 amide bonds. The van der Waals surface area contributed by atoms with Crippen molar-refractivity contribution in [3.8, 4) is 0 Å². The Morgan fingerprint density at radius 2 is 1.61 bits per heavy atom. The number of hydrazine groups is 1. The summed E-state index contributed by atoms with van der Waals surface area (Å²) in [6, 6.07) is 18.0. The number of carbonyl (C=O) groups excluding carboxylic acids is 2. The maximum Gasteiger partial charge on any atom is 0.265 e. The minimum Gasteiger partial charge on any atom is -0.290 e. The van der Waals surface area contributed by atoms with Crippen LogP contribution in [0.5, 0.6) is 0 Å². The summed E-state index contributed by atoms with van der Waals surface area (Å²) in [5.41, 5.74) is 5.46. The van der Waals surface area contributed by atoms with E-state index < -0.39 is 15.9 Å². The summed E-state index contributed by atoms with van der Waals surface area (Å²) in [5, 5.41) is 0. The van der Waals surface area contributed by atoms with Crippen LogP contribution in [0.1, 0.15) is 37.4 Å². The lowest BCUT2D eigenvalue weighted by atomic mass is 9.99. The number of fused-ring (bicyclic) bond motifs is 1. The molecule has 0 aromatic heterocycles. The van der Waals surface area contributed by atoms with Gasteiger partial charge in [0.25, 0.3) is 15.9 Å². The van der Waals surface area contributed by atoms with Gasteiger partial charge in [-0.3, -0.25) is 19.3 Å². The van der Waals surface area contributed by atoms with Crippen molar-refractivity contribution in [1.29, 1.82) is 0 Å². The molecule has 31 heavy (non-hydrogen) atoms. The molecule has 1 aliphatic rings. The van der Waals surface area contributed by atoms with E-state index in [2.05, 4.69) is 0 Å². The van der Waals surface area contributed by atoms with Crippen molar-refractivity contribution >= 4 is 27.4 Å². The van der Waals surface area contributed by atoms with E-state index in [-0.39, 0.29) is 16.2 Å². The first-order valence-corrected chi connectivity index (χ1v) is 11.1. The molecule has 0 unspecified atom stereocenters. The second-order valence-electron chi connectivity index (χ2n) is 7.37. The van der Waals surface area contributed by atoms with Gasteiger partial charge in [-0.1, -0.05) is 29.8 Å². The van der Waals surface area contributed by atoms with E-state index in [9.17, 15) is 18.0 Å². The number of hydrogen-bond donors (Lipinski definition) is 2. The normalized spacial score (nSPS) is 13.0. The number of carbonyl (C=O) groups is 2. The third-order valence-corrected chi connectivity index (χ3v) is 7.15. The summed E-state index contributed by atoms with van der Waals surface area (Å²) in [6.07, 6.45) is 0.511. The molecular formula is C23H21N3O4S. The van der Waals surface area contributed by atoms with E-state index in [0.29, 0.717) is 29.8 Å². The van der Waals surface area contributed by atoms with Gasteiger partial charge in [-0.05, 0) is 61.4 Å². The van der Waals surface area contributed by atoms with Gasteiger partial charge in [-0.2, -0.15) is 0 Å². The Hall–Kier alpha value is -3.49. The Bertz CT molecular complexity index is 1280. The highest BCUT2D eigenvalue weighted by Crippen LogP contribution is 2.34. The highest BCUT2D eigenvalue weighted by atomic mass is 32.2. The number of sulfonamides is 1. The number of amides is 1. The first-order valence-electron chi connectivity index (χ1n) is 9.69. The Morgan fingerprint density at radius 3 is 2.32 bits per heavy atom. The molecule has 0 atom stereocenters. The van der Waals surface area contributed by atoms with Gasteiger partial charge in [-0.15, -0.1) is 0 Å². The molecule has 1 aliphatic heterocycles. The highest BCUT2D eigenvalue weighted by molar-refractivity contribution is 7.92. The lowest BCUT2D eigenvalue weighted by molar-refractivity contribution is 0.0953.